The van der Waals surface area contributed by atoms with E-state index >= 15 is 0 Å². The second-order valence-corrected chi connectivity index (χ2v) is 8.86. The second kappa shape index (κ2) is 8.50. The fourth-order valence-electron chi connectivity index (χ4n) is 3.49. The Balaban J connectivity index is 1.70. The van der Waals surface area contributed by atoms with Crippen LogP contribution in [0.25, 0.3) is 16.0 Å². The summed E-state index contributed by atoms with van der Waals surface area (Å²) in [5.41, 5.74) is 1.77. The molecule has 9 heteroatoms. The molecule has 8 nitrogen and oxygen atoms in total. The number of amides is 1. The number of carbonyl (C=O) groups excluding carboxylic acids is 1. The molecule has 0 atom stereocenters. The van der Waals surface area contributed by atoms with Gasteiger partial charge in [-0.05, 0) is 47.9 Å². The minimum Gasteiger partial charge on any atom is -0.324 e. The lowest BCUT2D eigenvalue weighted by Gasteiger charge is -2.09. The molecule has 0 aliphatic rings. The predicted octanol–water partition coefficient (Wildman–Crippen LogP) is 3.12. The van der Waals surface area contributed by atoms with Gasteiger partial charge in [0.1, 0.15) is 11.2 Å². The number of anilines is 1. The fraction of sp³-hybridized carbons (Fsp3) is 0.364. The zero-order chi connectivity index (χ0) is 22.1. The number of hydrogen-bond donors (Lipinski definition) is 1. The average Bonchev–Trinajstić information content (AvgIpc) is 3.34. The summed E-state index contributed by atoms with van der Waals surface area (Å²) in [6.07, 6.45) is 1.70. The van der Waals surface area contributed by atoms with Gasteiger partial charge in [-0.2, -0.15) is 0 Å². The summed E-state index contributed by atoms with van der Waals surface area (Å²) in [7, 11) is 0. The van der Waals surface area contributed by atoms with Gasteiger partial charge in [0.2, 0.25) is 11.7 Å². The van der Waals surface area contributed by atoms with E-state index in [2.05, 4.69) is 31.2 Å². The van der Waals surface area contributed by atoms with Crippen LogP contribution in [0.15, 0.2) is 45.3 Å². The lowest BCUT2D eigenvalue weighted by Crippen LogP contribution is -2.29. The molecule has 0 saturated carbocycles. The topological polar surface area (TPSA) is 90.4 Å². The summed E-state index contributed by atoms with van der Waals surface area (Å²) in [5.74, 6) is 0.304. The lowest BCUT2D eigenvalue weighted by atomic mass is 10.1. The lowest BCUT2D eigenvalue weighted by molar-refractivity contribution is -0.117. The van der Waals surface area contributed by atoms with E-state index in [1.807, 2.05) is 24.3 Å². The molecule has 0 unspecified atom stereocenters. The highest BCUT2D eigenvalue weighted by Gasteiger charge is 2.19. The van der Waals surface area contributed by atoms with Crippen molar-refractivity contribution < 1.29 is 4.79 Å². The van der Waals surface area contributed by atoms with Crippen LogP contribution in [0.5, 0.6) is 0 Å². The standard InChI is InChI=1S/C22H25N5O3S/c1-4-15-5-7-16(8-6-15)23-18(28)13-26-22(30)27-17-10-12-31-19(17)20(29)25(21(27)24-26)11-9-14(2)3/h5-8,10,12,14H,4,9,11,13H2,1-3H3,(H,23,28). The molecule has 1 N–H and O–H groups in total. The highest BCUT2D eigenvalue weighted by Crippen LogP contribution is 2.18. The minimum atomic E-state index is -0.437. The minimum absolute atomic E-state index is 0.157. The average molecular weight is 440 g/mol. The Morgan fingerprint density at radius 1 is 1.16 bits per heavy atom. The molecule has 0 aliphatic heterocycles. The fourth-order valence-corrected chi connectivity index (χ4v) is 4.31. The van der Waals surface area contributed by atoms with E-state index in [0.29, 0.717) is 28.4 Å². The van der Waals surface area contributed by atoms with Gasteiger partial charge in [-0.1, -0.05) is 32.9 Å². The van der Waals surface area contributed by atoms with E-state index in [4.69, 9.17) is 0 Å². The maximum Gasteiger partial charge on any atom is 0.352 e. The van der Waals surface area contributed by atoms with Crippen LogP contribution in [0, 0.1) is 5.92 Å². The van der Waals surface area contributed by atoms with Crippen molar-refractivity contribution in [2.75, 3.05) is 5.32 Å². The number of nitrogens with one attached hydrogen (secondary N) is 1. The Labute approximate surface area is 182 Å². The van der Waals surface area contributed by atoms with E-state index in [0.717, 1.165) is 17.5 Å². The van der Waals surface area contributed by atoms with Gasteiger partial charge in [0.05, 0.1) is 5.52 Å². The van der Waals surface area contributed by atoms with Crippen LogP contribution in [0.4, 0.5) is 5.69 Å². The van der Waals surface area contributed by atoms with Gasteiger partial charge in [0, 0.05) is 12.2 Å². The zero-order valence-corrected chi connectivity index (χ0v) is 18.6. The molecule has 4 aromatic rings. The van der Waals surface area contributed by atoms with Gasteiger partial charge in [0.25, 0.3) is 5.56 Å². The summed E-state index contributed by atoms with van der Waals surface area (Å²) >= 11 is 1.30. The van der Waals surface area contributed by atoms with Crippen molar-refractivity contribution in [2.24, 2.45) is 5.92 Å². The van der Waals surface area contributed by atoms with Gasteiger partial charge in [0.15, 0.2) is 0 Å². The van der Waals surface area contributed by atoms with Gasteiger partial charge in [-0.3, -0.25) is 14.2 Å². The molecule has 0 aliphatic carbocycles. The molecule has 31 heavy (non-hydrogen) atoms. The van der Waals surface area contributed by atoms with E-state index in [-0.39, 0.29) is 23.8 Å². The van der Waals surface area contributed by atoms with Crippen molar-refractivity contribution in [1.29, 1.82) is 0 Å². The SMILES string of the molecule is CCc1ccc(NC(=O)Cn2nc3n(CCC(C)C)c(=O)c4sccc4n3c2=O)cc1. The molecular weight excluding hydrogens is 414 g/mol. The first-order chi connectivity index (χ1) is 14.9. The molecule has 1 amide bonds. The molecule has 3 heterocycles. The monoisotopic (exact) mass is 439 g/mol. The van der Waals surface area contributed by atoms with Crippen LogP contribution in [-0.4, -0.2) is 24.7 Å². The maximum atomic E-state index is 13.1. The molecule has 1 aromatic carbocycles. The highest BCUT2D eigenvalue weighted by atomic mass is 32.1. The van der Waals surface area contributed by atoms with Crippen molar-refractivity contribution in [2.45, 2.75) is 46.7 Å². The van der Waals surface area contributed by atoms with E-state index in [1.54, 1.807) is 11.4 Å². The summed E-state index contributed by atoms with van der Waals surface area (Å²) in [4.78, 5) is 38.6. The van der Waals surface area contributed by atoms with Crippen LogP contribution in [0.1, 0.15) is 32.8 Å². The number of carbonyl (C=O) groups is 1. The Hall–Kier alpha value is -3.20. The molecule has 4 rings (SSSR count). The number of rotatable bonds is 7. The Kier molecular flexibility index (Phi) is 5.77. The summed E-state index contributed by atoms with van der Waals surface area (Å²) in [6.45, 7) is 6.44. The molecule has 162 valence electrons. The van der Waals surface area contributed by atoms with Gasteiger partial charge in [-0.25, -0.2) is 13.9 Å². The largest absolute Gasteiger partial charge is 0.352 e. The van der Waals surface area contributed by atoms with Crippen LogP contribution < -0.4 is 16.6 Å². The predicted molar refractivity (Wildman–Crippen MR) is 123 cm³/mol. The first-order valence-electron chi connectivity index (χ1n) is 10.4. The molecule has 0 bridgehead atoms. The zero-order valence-electron chi connectivity index (χ0n) is 17.8. The molecule has 0 fully saturated rings. The van der Waals surface area contributed by atoms with Crippen molar-refractivity contribution in [3.8, 4) is 0 Å². The Morgan fingerprint density at radius 3 is 2.58 bits per heavy atom. The van der Waals surface area contributed by atoms with Crippen LogP contribution in [0.3, 0.4) is 0 Å². The number of thiophene rings is 1. The summed E-state index contributed by atoms with van der Waals surface area (Å²) in [5, 5.41) is 8.95. The number of fused-ring (bicyclic) bond motifs is 3. The van der Waals surface area contributed by atoms with Crippen molar-refractivity contribution in [1.82, 2.24) is 18.7 Å². The third kappa shape index (κ3) is 4.05. The van der Waals surface area contributed by atoms with Crippen molar-refractivity contribution in [3.63, 3.8) is 0 Å². The third-order valence-electron chi connectivity index (χ3n) is 5.26. The second-order valence-electron chi connectivity index (χ2n) is 7.95. The molecule has 0 saturated heterocycles. The summed E-state index contributed by atoms with van der Waals surface area (Å²) < 4.78 is 4.60. The Morgan fingerprint density at radius 2 is 1.90 bits per heavy atom. The smallest absolute Gasteiger partial charge is 0.324 e. The van der Waals surface area contributed by atoms with Gasteiger partial charge in [-0.15, -0.1) is 16.4 Å². The van der Waals surface area contributed by atoms with Crippen LogP contribution in [0.2, 0.25) is 0 Å². The van der Waals surface area contributed by atoms with Crippen LogP contribution >= 0.6 is 11.3 Å². The van der Waals surface area contributed by atoms with Crippen molar-refractivity contribution in [3.05, 3.63) is 62.1 Å². The van der Waals surface area contributed by atoms with Crippen LogP contribution in [-0.2, 0) is 24.3 Å². The number of aryl methyl sites for hydroxylation is 2. The first kappa shape index (κ1) is 21.0. The Bertz CT molecular complexity index is 1360. The summed E-state index contributed by atoms with van der Waals surface area (Å²) in [6, 6.07) is 9.31. The van der Waals surface area contributed by atoms with E-state index < -0.39 is 5.69 Å². The number of benzene rings is 1. The molecule has 3 aromatic heterocycles. The van der Waals surface area contributed by atoms with Gasteiger partial charge < -0.3 is 5.32 Å². The quantitative estimate of drug-likeness (QED) is 0.479. The molecular formula is C22H25N5O3S. The van der Waals surface area contributed by atoms with Gasteiger partial charge >= 0.3 is 5.69 Å². The van der Waals surface area contributed by atoms with Crippen molar-refractivity contribution >= 4 is 38.9 Å². The maximum absolute atomic E-state index is 13.1. The molecule has 0 radical (unpaired) electrons. The van der Waals surface area contributed by atoms with E-state index in [9.17, 15) is 14.4 Å². The molecule has 0 spiro atoms. The number of aromatic nitrogens is 4. The van der Waals surface area contributed by atoms with E-state index in [1.165, 1.54) is 25.9 Å². The first-order valence-corrected chi connectivity index (χ1v) is 11.3. The normalized spacial score (nSPS) is 11.6. The third-order valence-corrected chi connectivity index (χ3v) is 6.15. The highest BCUT2D eigenvalue weighted by molar-refractivity contribution is 7.17. The number of nitrogens with zero attached hydrogens (tertiary/aromatic N) is 4. The number of hydrogen-bond acceptors (Lipinski definition) is 5.